The molecule has 1 aliphatic heterocycles. The van der Waals surface area contributed by atoms with Crippen LogP contribution in [0.4, 0.5) is 5.69 Å². The van der Waals surface area contributed by atoms with E-state index in [1.807, 2.05) is 24.3 Å². The van der Waals surface area contributed by atoms with Crippen LogP contribution in [0.1, 0.15) is 11.1 Å². The Labute approximate surface area is 126 Å². The first kappa shape index (κ1) is 12.8. The van der Waals surface area contributed by atoms with E-state index in [9.17, 15) is 0 Å². The van der Waals surface area contributed by atoms with Crippen molar-refractivity contribution in [2.45, 2.75) is 5.12 Å². The standard InChI is InChI=1S/C14H9Cl3N2/c15-11-5-10(6-12(16)7-11)14(17)18-8-9-3-1-2-4-13(9)19-14/h1-8,19H. The van der Waals surface area contributed by atoms with E-state index in [0.717, 1.165) is 11.3 Å². The fourth-order valence-corrected chi connectivity index (χ4v) is 2.77. The Morgan fingerprint density at radius 3 is 2.42 bits per heavy atom. The number of hydrogen-bond acceptors (Lipinski definition) is 2. The molecule has 0 aliphatic carbocycles. The SMILES string of the molecule is Clc1cc(Cl)cc(C2(Cl)N=Cc3ccccc3N2)c1. The minimum Gasteiger partial charge on any atom is -0.344 e. The van der Waals surface area contributed by atoms with E-state index in [-0.39, 0.29) is 0 Å². The molecule has 1 atom stereocenters. The molecule has 1 N–H and O–H groups in total. The Bertz CT molecular complexity index is 649. The Morgan fingerprint density at radius 2 is 1.68 bits per heavy atom. The topological polar surface area (TPSA) is 24.4 Å². The van der Waals surface area contributed by atoms with Crippen molar-refractivity contribution in [1.82, 2.24) is 0 Å². The number of fused-ring (bicyclic) bond motifs is 1. The van der Waals surface area contributed by atoms with Gasteiger partial charge in [-0.15, -0.1) is 0 Å². The average molecular weight is 312 g/mol. The molecule has 19 heavy (non-hydrogen) atoms. The Hall–Kier alpha value is -1.22. The molecule has 0 saturated heterocycles. The maximum Gasteiger partial charge on any atom is 0.232 e. The average Bonchev–Trinajstić information content (AvgIpc) is 2.37. The summed E-state index contributed by atoms with van der Waals surface area (Å²) in [6, 6.07) is 13.0. The molecule has 1 unspecified atom stereocenters. The van der Waals surface area contributed by atoms with Gasteiger partial charge in [0, 0.05) is 33.1 Å². The van der Waals surface area contributed by atoms with Crippen molar-refractivity contribution >= 4 is 46.7 Å². The minimum absolute atomic E-state index is 0.526. The number of aliphatic imine (C=N–C) groups is 1. The molecule has 2 nitrogen and oxygen atoms in total. The monoisotopic (exact) mass is 310 g/mol. The first-order valence-electron chi connectivity index (χ1n) is 5.65. The molecule has 3 rings (SSSR count). The molecule has 0 bridgehead atoms. The summed E-state index contributed by atoms with van der Waals surface area (Å²) in [6.07, 6.45) is 1.74. The third kappa shape index (κ3) is 2.44. The predicted molar refractivity (Wildman–Crippen MR) is 81.7 cm³/mol. The number of hydrogen-bond donors (Lipinski definition) is 1. The lowest BCUT2D eigenvalue weighted by molar-refractivity contribution is 0.740. The van der Waals surface area contributed by atoms with Gasteiger partial charge in [-0.2, -0.15) is 0 Å². The highest BCUT2D eigenvalue weighted by Crippen LogP contribution is 2.38. The van der Waals surface area contributed by atoms with Crippen molar-refractivity contribution in [2.75, 3.05) is 5.32 Å². The lowest BCUT2D eigenvalue weighted by Gasteiger charge is -2.30. The number of rotatable bonds is 1. The van der Waals surface area contributed by atoms with Gasteiger partial charge < -0.3 is 5.32 Å². The van der Waals surface area contributed by atoms with Crippen LogP contribution in [0.5, 0.6) is 0 Å². The summed E-state index contributed by atoms with van der Waals surface area (Å²) in [7, 11) is 0. The number of benzene rings is 2. The maximum absolute atomic E-state index is 6.55. The van der Waals surface area contributed by atoms with E-state index in [0.29, 0.717) is 15.6 Å². The number of nitrogens with one attached hydrogen (secondary N) is 1. The Kier molecular flexibility index (Phi) is 3.17. The third-order valence-electron chi connectivity index (χ3n) is 2.89. The lowest BCUT2D eigenvalue weighted by atomic mass is 10.1. The molecule has 96 valence electrons. The van der Waals surface area contributed by atoms with Crippen LogP contribution in [0.3, 0.4) is 0 Å². The van der Waals surface area contributed by atoms with E-state index in [4.69, 9.17) is 34.8 Å². The lowest BCUT2D eigenvalue weighted by Crippen LogP contribution is -2.30. The van der Waals surface area contributed by atoms with Crippen LogP contribution >= 0.6 is 34.8 Å². The van der Waals surface area contributed by atoms with Crippen molar-refractivity contribution in [3.05, 3.63) is 63.6 Å². The number of nitrogens with zero attached hydrogens (tertiary/aromatic N) is 1. The van der Waals surface area contributed by atoms with Gasteiger partial charge in [0.15, 0.2) is 0 Å². The zero-order valence-electron chi connectivity index (χ0n) is 9.70. The largest absolute Gasteiger partial charge is 0.344 e. The van der Waals surface area contributed by atoms with Crippen molar-refractivity contribution in [2.24, 2.45) is 4.99 Å². The van der Waals surface area contributed by atoms with Crippen LogP contribution in [0, 0.1) is 0 Å². The molecule has 1 heterocycles. The molecule has 2 aromatic rings. The van der Waals surface area contributed by atoms with Crippen LogP contribution in [0.2, 0.25) is 10.0 Å². The van der Waals surface area contributed by atoms with Gasteiger partial charge in [-0.25, -0.2) is 4.99 Å². The number of alkyl halides is 1. The first-order valence-corrected chi connectivity index (χ1v) is 6.78. The molecular weight excluding hydrogens is 303 g/mol. The van der Waals surface area contributed by atoms with Crippen LogP contribution < -0.4 is 5.32 Å². The summed E-state index contributed by atoms with van der Waals surface area (Å²) < 4.78 is 0. The fraction of sp³-hybridized carbons (Fsp3) is 0.0714. The maximum atomic E-state index is 6.55. The number of para-hydroxylation sites is 1. The second kappa shape index (κ2) is 4.71. The highest BCUT2D eigenvalue weighted by atomic mass is 35.5. The van der Waals surface area contributed by atoms with E-state index in [1.54, 1.807) is 24.4 Å². The second-order valence-corrected chi connectivity index (χ2v) is 5.67. The summed E-state index contributed by atoms with van der Waals surface area (Å²) in [4.78, 5) is 4.37. The van der Waals surface area contributed by atoms with Gasteiger partial charge in [-0.05, 0) is 24.3 Å². The van der Waals surface area contributed by atoms with Crippen LogP contribution in [-0.2, 0) is 5.12 Å². The molecular formula is C14H9Cl3N2. The van der Waals surface area contributed by atoms with E-state index in [2.05, 4.69) is 10.3 Å². The van der Waals surface area contributed by atoms with E-state index in [1.165, 1.54) is 0 Å². The zero-order chi connectivity index (χ0) is 13.5. The predicted octanol–water partition coefficient (Wildman–Crippen LogP) is 4.89. The smallest absolute Gasteiger partial charge is 0.232 e. The summed E-state index contributed by atoms with van der Waals surface area (Å²) >= 11 is 18.6. The molecule has 0 spiro atoms. The molecule has 0 saturated carbocycles. The molecule has 5 heteroatoms. The van der Waals surface area contributed by atoms with Crippen molar-refractivity contribution < 1.29 is 0 Å². The summed E-state index contributed by atoms with van der Waals surface area (Å²) in [6.45, 7) is 0. The van der Waals surface area contributed by atoms with Crippen molar-refractivity contribution in [3.8, 4) is 0 Å². The van der Waals surface area contributed by atoms with E-state index < -0.39 is 5.12 Å². The molecule has 0 aromatic heterocycles. The van der Waals surface area contributed by atoms with Gasteiger partial charge in [-0.3, -0.25) is 0 Å². The normalized spacial score (nSPS) is 20.8. The van der Waals surface area contributed by atoms with E-state index >= 15 is 0 Å². The molecule has 0 fully saturated rings. The third-order valence-corrected chi connectivity index (χ3v) is 3.73. The second-order valence-electron chi connectivity index (χ2n) is 4.25. The highest BCUT2D eigenvalue weighted by Gasteiger charge is 2.31. The first-order chi connectivity index (χ1) is 9.07. The molecule has 2 aromatic carbocycles. The minimum atomic E-state index is -1.08. The van der Waals surface area contributed by atoms with Crippen molar-refractivity contribution in [1.29, 1.82) is 0 Å². The number of halogens is 3. The number of anilines is 1. The Balaban J connectivity index is 2.06. The van der Waals surface area contributed by atoms with Gasteiger partial charge in [0.2, 0.25) is 5.12 Å². The molecule has 0 radical (unpaired) electrons. The summed E-state index contributed by atoms with van der Waals surface area (Å²) in [5.41, 5.74) is 2.62. The van der Waals surface area contributed by atoms with Crippen LogP contribution in [0.25, 0.3) is 0 Å². The van der Waals surface area contributed by atoms with Gasteiger partial charge in [0.1, 0.15) is 0 Å². The van der Waals surface area contributed by atoms with Gasteiger partial charge in [0.05, 0.1) is 0 Å². The quantitative estimate of drug-likeness (QED) is 0.588. The van der Waals surface area contributed by atoms with Crippen molar-refractivity contribution in [3.63, 3.8) is 0 Å². The fourth-order valence-electron chi connectivity index (χ4n) is 1.98. The zero-order valence-corrected chi connectivity index (χ0v) is 12.0. The molecule has 1 aliphatic rings. The van der Waals surface area contributed by atoms with Crippen LogP contribution in [-0.4, -0.2) is 6.21 Å². The van der Waals surface area contributed by atoms with Gasteiger partial charge in [0.25, 0.3) is 0 Å². The summed E-state index contributed by atoms with van der Waals surface area (Å²) in [5, 5.41) is 3.17. The summed E-state index contributed by atoms with van der Waals surface area (Å²) in [5.74, 6) is 0. The highest BCUT2D eigenvalue weighted by molar-refractivity contribution is 6.35. The van der Waals surface area contributed by atoms with Crippen LogP contribution in [0.15, 0.2) is 47.5 Å². The van der Waals surface area contributed by atoms with Gasteiger partial charge >= 0.3 is 0 Å². The Morgan fingerprint density at radius 1 is 1.00 bits per heavy atom. The molecule has 0 amide bonds. The van der Waals surface area contributed by atoms with Gasteiger partial charge in [-0.1, -0.05) is 53.0 Å².